The Kier molecular flexibility index (Phi) is 6.97. The van der Waals surface area contributed by atoms with Crippen molar-refractivity contribution >= 4 is 17.3 Å². The average Bonchev–Trinajstić information content (AvgIpc) is 2.78. The van der Waals surface area contributed by atoms with Gasteiger partial charge >= 0.3 is 0 Å². The zero-order chi connectivity index (χ0) is 22.2. The summed E-state index contributed by atoms with van der Waals surface area (Å²) >= 11 is 0. The zero-order valence-electron chi connectivity index (χ0n) is 16.7. The van der Waals surface area contributed by atoms with Gasteiger partial charge < -0.3 is 9.47 Å². The van der Waals surface area contributed by atoms with Gasteiger partial charge in [-0.3, -0.25) is 10.1 Å². The Balaban J connectivity index is 1.85. The quantitative estimate of drug-likeness (QED) is 0.200. The van der Waals surface area contributed by atoms with Gasteiger partial charge in [-0.1, -0.05) is 24.3 Å². The van der Waals surface area contributed by atoms with Crippen LogP contribution in [0.15, 0.2) is 66.7 Å². The standard InChI is InChI=1S/C24H19FN2O4/c1-2-30-24-14-17(7-12-23(24)31-16-19-5-3-4-6-22(19)25)13-20(15-26)18-8-10-21(11-9-18)27(28)29/h3-14H,2,16H2,1H3/b20-13-. The Hall–Kier alpha value is -4.18. The Morgan fingerprint density at radius 3 is 2.48 bits per heavy atom. The number of allylic oxidation sites excluding steroid dienone is 1. The molecule has 156 valence electrons. The van der Waals surface area contributed by atoms with E-state index in [0.29, 0.717) is 40.4 Å². The highest BCUT2D eigenvalue weighted by atomic mass is 19.1. The molecule has 0 heterocycles. The number of non-ortho nitro benzene ring substituents is 1. The molecule has 0 bridgehead atoms. The van der Waals surface area contributed by atoms with Crippen molar-refractivity contribution in [3.05, 3.63) is 99.4 Å². The predicted molar refractivity (Wildman–Crippen MR) is 115 cm³/mol. The number of nitriles is 1. The molecule has 0 N–H and O–H groups in total. The Morgan fingerprint density at radius 1 is 1.10 bits per heavy atom. The van der Waals surface area contributed by atoms with Crippen LogP contribution in [0.4, 0.5) is 10.1 Å². The van der Waals surface area contributed by atoms with E-state index in [-0.39, 0.29) is 18.1 Å². The van der Waals surface area contributed by atoms with Gasteiger partial charge in [0.05, 0.1) is 23.2 Å². The average molecular weight is 418 g/mol. The summed E-state index contributed by atoms with van der Waals surface area (Å²) in [6.45, 7) is 2.28. The maximum atomic E-state index is 13.8. The summed E-state index contributed by atoms with van der Waals surface area (Å²) < 4.78 is 25.2. The van der Waals surface area contributed by atoms with Gasteiger partial charge in [-0.05, 0) is 54.5 Å². The van der Waals surface area contributed by atoms with Crippen LogP contribution in [0.3, 0.4) is 0 Å². The van der Waals surface area contributed by atoms with Crippen molar-refractivity contribution < 1.29 is 18.8 Å². The minimum absolute atomic E-state index is 0.0453. The second kappa shape index (κ2) is 10.0. The first-order valence-corrected chi connectivity index (χ1v) is 9.51. The third-order valence-corrected chi connectivity index (χ3v) is 4.43. The molecule has 6 nitrogen and oxygen atoms in total. The number of nitro groups is 1. The molecule has 0 fully saturated rings. The van der Waals surface area contributed by atoms with E-state index in [9.17, 15) is 19.8 Å². The molecule has 7 heteroatoms. The molecule has 3 aromatic carbocycles. The molecular weight excluding hydrogens is 399 g/mol. The molecule has 0 saturated heterocycles. The summed E-state index contributed by atoms with van der Waals surface area (Å²) in [5.41, 5.74) is 1.98. The van der Waals surface area contributed by atoms with E-state index in [0.717, 1.165) is 0 Å². The Morgan fingerprint density at radius 2 is 1.84 bits per heavy atom. The fourth-order valence-corrected chi connectivity index (χ4v) is 2.88. The first-order chi connectivity index (χ1) is 15.0. The highest BCUT2D eigenvalue weighted by Crippen LogP contribution is 2.31. The molecule has 3 aromatic rings. The minimum atomic E-state index is -0.492. The maximum Gasteiger partial charge on any atom is 0.269 e. The van der Waals surface area contributed by atoms with Gasteiger partial charge in [0, 0.05) is 17.7 Å². The molecule has 0 aliphatic rings. The lowest BCUT2D eigenvalue weighted by Gasteiger charge is -2.13. The van der Waals surface area contributed by atoms with E-state index in [1.807, 2.05) is 6.92 Å². The highest BCUT2D eigenvalue weighted by Gasteiger charge is 2.10. The van der Waals surface area contributed by atoms with E-state index in [2.05, 4.69) is 6.07 Å². The van der Waals surface area contributed by atoms with Crippen LogP contribution in [-0.2, 0) is 6.61 Å². The topological polar surface area (TPSA) is 85.4 Å². The third-order valence-electron chi connectivity index (χ3n) is 4.43. The molecule has 0 aliphatic carbocycles. The lowest BCUT2D eigenvalue weighted by Crippen LogP contribution is -2.01. The van der Waals surface area contributed by atoms with Crippen LogP contribution in [0, 0.1) is 27.3 Å². The molecule has 0 spiro atoms. The van der Waals surface area contributed by atoms with Gasteiger partial charge in [-0.2, -0.15) is 5.26 Å². The van der Waals surface area contributed by atoms with Crippen molar-refractivity contribution in [2.24, 2.45) is 0 Å². The van der Waals surface area contributed by atoms with Gasteiger partial charge in [0.15, 0.2) is 11.5 Å². The molecule has 0 amide bonds. The fraction of sp³-hybridized carbons (Fsp3) is 0.125. The van der Waals surface area contributed by atoms with Crippen molar-refractivity contribution in [1.82, 2.24) is 0 Å². The summed E-state index contributed by atoms with van der Waals surface area (Å²) in [5.74, 6) is 0.575. The smallest absolute Gasteiger partial charge is 0.269 e. The lowest BCUT2D eigenvalue weighted by atomic mass is 10.0. The predicted octanol–water partition coefficient (Wildman–Crippen LogP) is 5.78. The lowest BCUT2D eigenvalue weighted by molar-refractivity contribution is -0.384. The van der Waals surface area contributed by atoms with E-state index >= 15 is 0 Å². The van der Waals surface area contributed by atoms with Crippen LogP contribution in [0.2, 0.25) is 0 Å². The second-order valence-corrected chi connectivity index (χ2v) is 6.49. The van der Waals surface area contributed by atoms with Crippen molar-refractivity contribution in [2.75, 3.05) is 6.61 Å². The summed E-state index contributed by atoms with van der Waals surface area (Å²) in [6, 6.07) is 19.4. The number of benzene rings is 3. The molecule has 3 rings (SSSR count). The molecule has 31 heavy (non-hydrogen) atoms. The van der Waals surface area contributed by atoms with Crippen LogP contribution in [0.25, 0.3) is 11.6 Å². The number of nitro benzene ring substituents is 1. The minimum Gasteiger partial charge on any atom is -0.490 e. The van der Waals surface area contributed by atoms with E-state index in [4.69, 9.17) is 9.47 Å². The first-order valence-electron chi connectivity index (χ1n) is 9.51. The first kappa shape index (κ1) is 21.5. The van der Waals surface area contributed by atoms with E-state index in [1.165, 1.54) is 30.3 Å². The molecule has 0 aromatic heterocycles. The molecule has 0 atom stereocenters. The fourth-order valence-electron chi connectivity index (χ4n) is 2.88. The summed E-state index contributed by atoms with van der Waals surface area (Å²) in [5, 5.41) is 20.4. The second-order valence-electron chi connectivity index (χ2n) is 6.49. The summed E-state index contributed by atoms with van der Waals surface area (Å²) in [4.78, 5) is 10.3. The van der Waals surface area contributed by atoms with Gasteiger partial charge in [-0.25, -0.2) is 4.39 Å². The van der Waals surface area contributed by atoms with Gasteiger partial charge in [0.2, 0.25) is 0 Å². The van der Waals surface area contributed by atoms with Crippen LogP contribution < -0.4 is 9.47 Å². The normalized spacial score (nSPS) is 10.9. The number of ether oxygens (including phenoxy) is 2. The van der Waals surface area contributed by atoms with Crippen molar-refractivity contribution in [2.45, 2.75) is 13.5 Å². The zero-order valence-corrected chi connectivity index (χ0v) is 16.7. The Bertz CT molecular complexity index is 1150. The number of hydrogen-bond acceptors (Lipinski definition) is 5. The Labute approximate surface area is 178 Å². The number of hydrogen-bond donors (Lipinski definition) is 0. The third kappa shape index (κ3) is 5.46. The van der Waals surface area contributed by atoms with Crippen molar-refractivity contribution in [3.63, 3.8) is 0 Å². The maximum absolute atomic E-state index is 13.8. The SMILES string of the molecule is CCOc1cc(/C=C(/C#N)c2ccc([N+](=O)[O-])cc2)ccc1OCc1ccccc1F. The number of halogens is 1. The summed E-state index contributed by atoms with van der Waals surface area (Å²) in [6.07, 6.45) is 1.66. The van der Waals surface area contributed by atoms with Crippen LogP contribution in [0.5, 0.6) is 11.5 Å². The number of nitrogens with zero attached hydrogens (tertiary/aromatic N) is 2. The van der Waals surface area contributed by atoms with Gasteiger partial charge in [-0.15, -0.1) is 0 Å². The van der Waals surface area contributed by atoms with Crippen molar-refractivity contribution in [1.29, 1.82) is 5.26 Å². The van der Waals surface area contributed by atoms with Crippen LogP contribution in [0.1, 0.15) is 23.6 Å². The van der Waals surface area contributed by atoms with Gasteiger partial charge in [0.25, 0.3) is 5.69 Å². The van der Waals surface area contributed by atoms with Crippen LogP contribution >= 0.6 is 0 Å². The van der Waals surface area contributed by atoms with E-state index < -0.39 is 4.92 Å². The molecular formula is C24H19FN2O4. The summed E-state index contributed by atoms with van der Waals surface area (Å²) in [7, 11) is 0. The molecule has 0 aliphatic heterocycles. The van der Waals surface area contributed by atoms with Crippen LogP contribution in [-0.4, -0.2) is 11.5 Å². The monoisotopic (exact) mass is 418 g/mol. The van der Waals surface area contributed by atoms with E-state index in [1.54, 1.807) is 42.5 Å². The largest absolute Gasteiger partial charge is 0.490 e. The molecule has 0 unspecified atom stereocenters. The van der Waals surface area contributed by atoms with Crippen molar-refractivity contribution in [3.8, 4) is 17.6 Å². The molecule has 0 saturated carbocycles. The van der Waals surface area contributed by atoms with Gasteiger partial charge in [0.1, 0.15) is 12.4 Å². The number of rotatable bonds is 8. The highest BCUT2D eigenvalue weighted by molar-refractivity contribution is 5.90. The molecule has 0 radical (unpaired) electrons.